The van der Waals surface area contributed by atoms with Gasteiger partial charge >= 0.3 is 0 Å². The van der Waals surface area contributed by atoms with Gasteiger partial charge in [0.15, 0.2) is 0 Å². The van der Waals surface area contributed by atoms with E-state index >= 15 is 0 Å². The first-order chi connectivity index (χ1) is 12.1. The molecule has 0 aromatic heterocycles. The van der Waals surface area contributed by atoms with Crippen molar-refractivity contribution in [2.75, 3.05) is 0 Å². The van der Waals surface area contributed by atoms with E-state index in [9.17, 15) is 0 Å². The van der Waals surface area contributed by atoms with Crippen molar-refractivity contribution < 1.29 is 0 Å². The molecule has 158 valence electrons. The van der Waals surface area contributed by atoms with Crippen LogP contribution in [-0.4, -0.2) is 0 Å². The van der Waals surface area contributed by atoms with Gasteiger partial charge in [0.25, 0.3) is 0 Å². The molecule has 0 saturated heterocycles. The van der Waals surface area contributed by atoms with Crippen LogP contribution in [0.15, 0.2) is 0 Å². The number of fused-ring (bicyclic) bond motifs is 1. The van der Waals surface area contributed by atoms with Crippen molar-refractivity contribution in [3.05, 3.63) is 0 Å². The summed E-state index contributed by atoms with van der Waals surface area (Å²) >= 11 is 0. The summed E-state index contributed by atoms with van der Waals surface area (Å²) < 4.78 is 0. The molecule has 0 aromatic carbocycles. The van der Waals surface area contributed by atoms with E-state index in [4.69, 9.17) is 0 Å². The van der Waals surface area contributed by atoms with Gasteiger partial charge in [-0.05, 0) is 81.3 Å². The second kappa shape index (κ2) is 6.25. The second-order valence-electron chi connectivity index (χ2n) is 13.5. The van der Waals surface area contributed by atoms with Crippen molar-refractivity contribution >= 4 is 0 Å². The highest BCUT2D eigenvalue weighted by Crippen LogP contribution is 2.75. The highest BCUT2D eigenvalue weighted by molar-refractivity contribution is 5.18. The van der Waals surface area contributed by atoms with Crippen LogP contribution in [0.4, 0.5) is 0 Å². The molecule has 12 unspecified atom stereocenters. The van der Waals surface area contributed by atoms with Gasteiger partial charge in [-0.1, -0.05) is 90.0 Å². The molecule has 0 heterocycles. The summed E-state index contributed by atoms with van der Waals surface area (Å²) in [5.41, 5.74) is 1.34. The van der Waals surface area contributed by atoms with E-state index < -0.39 is 0 Å². The summed E-state index contributed by atoms with van der Waals surface area (Å²) in [6.07, 6.45) is 0. The average Bonchev–Trinajstić information content (AvgIpc) is 2.97. The molecule has 0 bridgehead atoms. The SMILES string of the molecule is CC1C(C)C2C(C1C)C(C)(C1C(C)C(C)C(C(C)(C)C)C1C)C(C)C2(C)C. The smallest absolute Gasteiger partial charge is 0.0228 e. The van der Waals surface area contributed by atoms with Gasteiger partial charge in [-0.3, -0.25) is 0 Å². The lowest BCUT2D eigenvalue weighted by atomic mass is 9.55. The van der Waals surface area contributed by atoms with E-state index in [-0.39, 0.29) is 0 Å². The molecule has 0 radical (unpaired) electrons. The van der Waals surface area contributed by atoms with Crippen molar-refractivity contribution in [1.82, 2.24) is 0 Å². The molecule has 3 aliphatic rings. The minimum atomic E-state index is 0.414. The molecule has 0 spiro atoms. The molecule has 0 aliphatic heterocycles. The lowest BCUT2D eigenvalue weighted by molar-refractivity contribution is -0.0160. The summed E-state index contributed by atoms with van der Waals surface area (Å²) in [4.78, 5) is 0. The molecule has 12 atom stereocenters. The molecular weight excluding hydrogens is 324 g/mol. The van der Waals surface area contributed by atoms with Crippen LogP contribution in [0.2, 0.25) is 0 Å². The fourth-order valence-electron chi connectivity index (χ4n) is 10.3. The molecule has 3 saturated carbocycles. The molecular formula is C27H50. The van der Waals surface area contributed by atoms with E-state index in [0.717, 1.165) is 65.1 Å². The van der Waals surface area contributed by atoms with Gasteiger partial charge < -0.3 is 0 Å². The largest absolute Gasteiger partial charge is 0.0620 e. The molecule has 0 heteroatoms. The third kappa shape index (κ3) is 2.59. The Morgan fingerprint density at radius 3 is 1.41 bits per heavy atom. The third-order valence-electron chi connectivity index (χ3n) is 11.6. The van der Waals surface area contributed by atoms with Gasteiger partial charge in [0, 0.05) is 0 Å². The van der Waals surface area contributed by atoms with Crippen molar-refractivity contribution in [3.63, 3.8) is 0 Å². The first kappa shape index (κ1) is 21.7. The Balaban J connectivity index is 2.12. The molecule has 0 amide bonds. The topological polar surface area (TPSA) is 0 Å². The fourth-order valence-corrected chi connectivity index (χ4v) is 10.3. The third-order valence-corrected chi connectivity index (χ3v) is 11.6. The first-order valence-electron chi connectivity index (χ1n) is 12.1. The van der Waals surface area contributed by atoms with E-state index in [1.807, 2.05) is 0 Å². The van der Waals surface area contributed by atoms with E-state index in [1.165, 1.54) is 0 Å². The van der Waals surface area contributed by atoms with Crippen molar-refractivity contribution in [1.29, 1.82) is 0 Å². The van der Waals surface area contributed by atoms with Crippen molar-refractivity contribution in [2.24, 2.45) is 81.3 Å². The van der Waals surface area contributed by atoms with Crippen LogP contribution in [0.3, 0.4) is 0 Å². The van der Waals surface area contributed by atoms with Crippen LogP contribution in [0.25, 0.3) is 0 Å². The fraction of sp³-hybridized carbons (Fsp3) is 1.00. The summed E-state index contributed by atoms with van der Waals surface area (Å²) in [6.45, 7) is 33.7. The summed E-state index contributed by atoms with van der Waals surface area (Å²) in [5.74, 6) is 9.40. The molecule has 3 fully saturated rings. The number of rotatable bonds is 1. The lowest BCUT2D eigenvalue weighted by Gasteiger charge is -2.49. The predicted molar refractivity (Wildman–Crippen MR) is 119 cm³/mol. The maximum atomic E-state index is 2.75. The van der Waals surface area contributed by atoms with E-state index in [2.05, 4.69) is 90.0 Å². The highest BCUT2D eigenvalue weighted by atomic mass is 14.7. The zero-order chi connectivity index (χ0) is 20.9. The Labute approximate surface area is 171 Å². The lowest BCUT2D eigenvalue weighted by Crippen LogP contribution is -2.44. The quantitative estimate of drug-likeness (QED) is 0.436. The van der Waals surface area contributed by atoms with Crippen LogP contribution >= 0.6 is 0 Å². The normalized spacial score (nSPS) is 57.9. The minimum absolute atomic E-state index is 0.414. The Kier molecular flexibility index (Phi) is 5.02. The number of hydrogen-bond acceptors (Lipinski definition) is 0. The zero-order valence-electron chi connectivity index (χ0n) is 20.9. The Morgan fingerprint density at radius 2 is 0.963 bits per heavy atom. The standard InChI is InChI=1S/C27H50/c1-14-15(2)23-24(16(14)3)27(13,20(7)26(23,11)12)22-18(5)17(4)21(19(22)6)25(8,9)10/h14-24H,1-13H3. The molecule has 0 nitrogen and oxygen atoms in total. The zero-order valence-corrected chi connectivity index (χ0v) is 20.9. The molecule has 27 heavy (non-hydrogen) atoms. The summed E-state index contributed by atoms with van der Waals surface area (Å²) in [5, 5.41) is 0. The van der Waals surface area contributed by atoms with Crippen LogP contribution in [0.5, 0.6) is 0 Å². The molecule has 3 aliphatic carbocycles. The van der Waals surface area contributed by atoms with Gasteiger partial charge in [-0.15, -0.1) is 0 Å². The second-order valence-corrected chi connectivity index (χ2v) is 13.5. The predicted octanol–water partition coefficient (Wildman–Crippen LogP) is 8.02. The van der Waals surface area contributed by atoms with E-state index in [0.29, 0.717) is 16.2 Å². The van der Waals surface area contributed by atoms with Crippen LogP contribution < -0.4 is 0 Å². The summed E-state index contributed by atoms with van der Waals surface area (Å²) in [6, 6.07) is 0. The monoisotopic (exact) mass is 374 g/mol. The summed E-state index contributed by atoms with van der Waals surface area (Å²) in [7, 11) is 0. The van der Waals surface area contributed by atoms with Crippen LogP contribution in [0, 0.1) is 81.3 Å². The highest BCUT2D eigenvalue weighted by Gasteiger charge is 2.70. The van der Waals surface area contributed by atoms with Crippen molar-refractivity contribution in [2.45, 2.75) is 90.0 Å². The Hall–Kier alpha value is 0. The van der Waals surface area contributed by atoms with Crippen LogP contribution in [0.1, 0.15) is 90.0 Å². The molecule has 0 N–H and O–H groups in total. The van der Waals surface area contributed by atoms with E-state index in [1.54, 1.807) is 0 Å². The van der Waals surface area contributed by atoms with Gasteiger partial charge in [-0.2, -0.15) is 0 Å². The Morgan fingerprint density at radius 1 is 0.519 bits per heavy atom. The molecule has 3 rings (SSSR count). The maximum absolute atomic E-state index is 2.75. The maximum Gasteiger partial charge on any atom is -0.0228 e. The van der Waals surface area contributed by atoms with Gasteiger partial charge in [0.2, 0.25) is 0 Å². The number of hydrogen-bond donors (Lipinski definition) is 0. The van der Waals surface area contributed by atoms with Gasteiger partial charge in [0.1, 0.15) is 0 Å². The molecule has 0 aromatic rings. The Bertz CT molecular complexity index is 565. The first-order valence-corrected chi connectivity index (χ1v) is 12.1. The average molecular weight is 375 g/mol. The van der Waals surface area contributed by atoms with Crippen molar-refractivity contribution in [3.8, 4) is 0 Å². The van der Waals surface area contributed by atoms with Crippen LogP contribution in [-0.2, 0) is 0 Å². The minimum Gasteiger partial charge on any atom is -0.0620 e. The van der Waals surface area contributed by atoms with Gasteiger partial charge in [-0.25, -0.2) is 0 Å². The van der Waals surface area contributed by atoms with Gasteiger partial charge in [0.05, 0.1) is 0 Å².